The average Bonchev–Trinajstić information content (AvgIpc) is 2.93. The number of carbonyl (C=O) groups excluding carboxylic acids is 2. The van der Waals surface area contributed by atoms with Crippen LogP contribution in [0.15, 0.2) is 78.9 Å². The van der Waals surface area contributed by atoms with Crippen LogP contribution in [0.1, 0.15) is 42.0 Å². The van der Waals surface area contributed by atoms with Gasteiger partial charge in [0.2, 0.25) is 11.8 Å². The van der Waals surface area contributed by atoms with Gasteiger partial charge < -0.3 is 20.1 Å². The molecular weight excluding hydrogens is 471 g/mol. The van der Waals surface area contributed by atoms with E-state index in [0.717, 1.165) is 29.5 Å². The zero-order valence-electron chi connectivity index (χ0n) is 20.8. The maximum atomic E-state index is 13.7. The van der Waals surface area contributed by atoms with Gasteiger partial charge in [-0.2, -0.15) is 0 Å². The predicted molar refractivity (Wildman–Crippen MR) is 139 cm³/mol. The highest BCUT2D eigenvalue weighted by Crippen LogP contribution is 2.27. The number of halogens is 1. The van der Waals surface area contributed by atoms with Crippen molar-refractivity contribution in [2.24, 2.45) is 5.92 Å². The molecule has 3 aromatic carbocycles. The molecule has 1 atom stereocenters. The van der Waals surface area contributed by atoms with Crippen molar-refractivity contribution in [3.05, 3.63) is 101 Å². The third-order valence-electron chi connectivity index (χ3n) is 6.74. The van der Waals surface area contributed by atoms with E-state index in [1.165, 1.54) is 12.1 Å². The summed E-state index contributed by atoms with van der Waals surface area (Å²) in [6, 6.07) is 21.4. The van der Waals surface area contributed by atoms with Crippen LogP contribution in [-0.2, 0) is 27.3 Å². The fraction of sp³-hybridized carbons (Fsp3) is 0.333. The second-order valence-electron chi connectivity index (χ2n) is 9.43. The minimum atomic E-state index is -0.795. The van der Waals surface area contributed by atoms with Crippen LogP contribution in [0.2, 0.25) is 0 Å². The van der Waals surface area contributed by atoms with E-state index in [4.69, 9.17) is 4.74 Å². The topological polar surface area (TPSA) is 78.9 Å². The molecule has 0 spiro atoms. The largest absolute Gasteiger partial charge is 0.508 e. The monoisotopic (exact) mass is 504 g/mol. The van der Waals surface area contributed by atoms with E-state index < -0.39 is 6.04 Å². The number of carbonyl (C=O) groups is 2. The third-order valence-corrected chi connectivity index (χ3v) is 6.74. The summed E-state index contributed by atoms with van der Waals surface area (Å²) in [5.74, 6) is -0.300. The summed E-state index contributed by atoms with van der Waals surface area (Å²) in [4.78, 5) is 29.1. The van der Waals surface area contributed by atoms with E-state index in [1.807, 2.05) is 30.3 Å². The first-order chi connectivity index (χ1) is 18.0. The summed E-state index contributed by atoms with van der Waals surface area (Å²) in [6.45, 7) is 1.98. The number of amides is 2. The van der Waals surface area contributed by atoms with Gasteiger partial charge in [0.25, 0.3) is 0 Å². The lowest BCUT2D eigenvalue weighted by Gasteiger charge is -2.35. The van der Waals surface area contributed by atoms with Crippen LogP contribution < -0.4 is 5.32 Å². The maximum absolute atomic E-state index is 13.7. The molecule has 1 aliphatic rings. The standard InChI is InChI=1S/C30H33FN2O4/c31-26-11-6-23(7-12-26)20-32-30(36)29(25-4-2-1-3-5-25)33(21-24-16-18-37-19-17-24)28(35)15-10-22-8-13-27(34)14-9-22/h1-9,11-14,24,29,34H,10,15-21H2,(H,32,36). The lowest BCUT2D eigenvalue weighted by Crippen LogP contribution is -2.46. The Bertz CT molecular complexity index is 1150. The zero-order chi connectivity index (χ0) is 26.0. The van der Waals surface area contributed by atoms with Crippen LogP contribution in [-0.4, -0.2) is 41.6 Å². The molecule has 0 aliphatic carbocycles. The van der Waals surface area contributed by atoms with Crippen molar-refractivity contribution in [1.29, 1.82) is 0 Å². The number of nitrogens with one attached hydrogen (secondary N) is 1. The Morgan fingerprint density at radius 1 is 0.946 bits per heavy atom. The average molecular weight is 505 g/mol. The SMILES string of the molecule is O=C(NCc1ccc(F)cc1)C(c1ccccc1)N(CC1CCOCC1)C(=O)CCc1ccc(O)cc1. The quantitative estimate of drug-likeness (QED) is 0.417. The Morgan fingerprint density at radius 3 is 2.27 bits per heavy atom. The highest BCUT2D eigenvalue weighted by molar-refractivity contribution is 5.88. The number of benzene rings is 3. The van der Waals surface area contributed by atoms with Gasteiger partial charge in [-0.3, -0.25) is 9.59 Å². The number of ether oxygens (including phenoxy) is 1. The van der Waals surface area contributed by atoms with E-state index >= 15 is 0 Å². The van der Waals surface area contributed by atoms with Gasteiger partial charge in [-0.15, -0.1) is 0 Å². The Morgan fingerprint density at radius 2 is 1.59 bits per heavy atom. The summed E-state index contributed by atoms with van der Waals surface area (Å²) >= 11 is 0. The molecule has 6 nitrogen and oxygen atoms in total. The van der Waals surface area contributed by atoms with Crippen LogP contribution >= 0.6 is 0 Å². The molecule has 1 aliphatic heterocycles. The summed E-state index contributed by atoms with van der Waals surface area (Å²) < 4.78 is 18.8. The van der Waals surface area contributed by atoms with Gasteiger partial charge in [0.15, 0.2) is 0 Å². The predicted octanol–water partition coefficient (Wildman–Crippen LogP) is 4.78. The third kappa shape index (κ3) is 7.64. The molecule has 1 heterocycles. The number of hydrogen-bond donors (Lipinski definition) is 2. The van der Waals surface area contributed by atoms with Gasteiger partial charge in [-0.05, 0) is 66.1 Å². The van der Waals surface area contributed by atoms with E-state index in [1.54, 1.807) is 41.3 Å². The summed E-state index contributed by atoms with van der Waals surface area (Å²) in [6.07, 6.45) is 2.41. The van der Waals surface area contributed by atoms with Crippen LogP contribution in [0.25, 0.3) is 0 Å². The number of aryl methyl sites for hydroxylation is 1. The Kier molecular flexibility index (Phi) is 9.27. The molecule has 7 heteroatoms. The molecule has 0 saturated carbocycles. The maximum Gasteiger partial charge on any atom is 0.247 e. The molecule has 4 rings (SSSR count). The summed E-state index contributed by atoms with van der Waals surface area (Å²) in [5.41, 5.74) is 2.45. The second kappa shape index (κ2) is 13.0. The van der Waals surface area contributed by atoms with E-state index in [9.17, 15) is 19.1 Å². The van der Waals surface area contributed by atoms with Crippen molar-refractivity contribution in [2.45, 2.75) is 38.3 Å². The molecule has 1 saturated heterocycles. The second-order valence-corrected chi connectivity index (χ2v) is 9.43. The molecule has 2 N–H and O–H groups in total. The highest BCUT2D eigenvalue weighted by atomic mass is 19.1. The van der Waals surface area contributed by atoms with Crippen molar-refractivity contribution in [3.8, 4) is 5.75 Å². The fourth-order valence-electron chi connectivity index (χ4n) is 4.61. The molecule has 2 amide bonds. The number of rotatable bonds is 10. The highest BCUT2D eigenvalue weighted by Gasteiger charge is 2.33. The van der Waals surface area contributed by atoms with Gasteiger partial charge in [0.1, 0.15) is 17.6 Å². The van der Waals surface area contributed by atoms with Crippen LogP contribution in [0, 0.1) is 11.7 Å². The van der Waals surface area contributed by atoms with Crippen LogP contribution in [0.3, 0.4) is 0 Å². The molecule has 3 aromatic rings. The molecule has 37 heavy (non-hydrogen) atoms. The molecule has 0 radical (unpaired) electrons. The number of hydrogen-bond acceptors (Lipinski definition) is 4. The normalized spacial score (nSPS) is 14.6. The van der Waals surface area contributed by atoms with Crippen LogP contribution in [0.5, 0.6) is 5.75 Å². The minimum Gasteiger partial charge on any atom is -0.508 e. The molecule has 0 aromatic heterocycles. The van der Waals surface area contributed by atoms with E-state index in [2.05, 4.69) is 5.32 Å². The summed E-state index contributed by atoms with van der Waals surface area (Å²) in [7, 11) is 0. The first-order valence-corrected chi connectivity index (χ1v) is 12.7. The van der Waals surface area contributed by atoms with Crippen molar-refractivity contribution < 1.29 is 23.8 Å². The Balaban J connectivity index is 1.56. The summed E-state index contributed by atoms with van der Waals surface area (Å²) in [5, 5.41) is 12.5. The first-order valence-electron chi connectivity index (χ1n) is 12.7. The lowest BCUT2D eigenvalue weighted by atomic mass is 9.96. The van der Waals surface area contributed by atoms with Gasteiger partial charge >= 0.3 is 0 Å². The zero-order valence-corrected chi connectivity index (χ0v) is 20.8. The molecule has 0 bridgehead atoms. The molecule has 1 unspecified atom stereocenters. The van der Waals surface area contributed by atoms with Gasteiger partial charge in [0.05, 0.1) is 0 Å². The fourth-order valence-corrected chi connectivity index (χ4v) is 4.61. The van der Waals surface area contributed by atoms with Crippen molar-refractivity contribution in [1.82, 2.24) is 10.2 Å². The molecule has 1 fully saturated rings. The minimum absolute atomic E-state index is 0.106. The van der Waals surface area contributed by atoms with Crippen molar-refractivity contribution >= 4 is 11.8 Å². The van der Waals surface area contributed by atoms with E-state index in [-0.39, 0.29) is 42.3 Å². The van der Waals surface area contributed by atoms with Crippen molar-refractivity contribution in [2.75, 3.05) is 19.8 Å². The van der Waals surface area contributed by atoms with E-state index in [0.29, 0.717) is 26.2 Å². The molecular formula is C30H33FN2O4. The smallest absolute Gasteiger partial charge is 0.247 e. The lowest BCUT2D eigenvalue weighted by molar-refractivity contribution is -0.142. The number of phenolic OH excluding ortho intramolecular Hbond substituents is 1. The number of nitrogens with zero attached hydrogens (tertiary/aromatic N) is 1. The van der Waals surface area contributed by atoms with Gasteiger partial charge in [-0.1, -0.05) is 54.6 Å². The Hall–Kier alpha value is -3.71. The number of aromatic hydroxyl groups is 1. The molecule has 194 valence electrons. The van der Waals surface area contributed by atoms with Gasteiger partial charge in [-0.25, -0.2) is 4.39 Å². The van der Waals surface area contributed by atoms with Gasteiger partial charge in [0, 0.05) is 32.7 Å². The van der Waals surface area contributed by atoms with Crippen molar-refractivity contribution in [3.63, 3.8) is 0 Å². The Labute approximate surface area is 217 Å². The van der Waals surface area contributed by atoms with Crippen LogP contribution in [0.4, 0.5) is 4.39 Å². The first kappa shape index (κ1) is 26.4. The number of phenols is 1.